The van der Waals surface area contributed by atoms with Gasteiger partial charge in [0.2, 0.25) is 0 Å². The number of rotatable bonds is 7. The van der Waals surface area contributed by atoms with Crippen LogP contribution < -0.4 is 21.3 Å². The summed E-state index contributed by atoms with van der Waals surface area (Å²) >= 11 is 0. The molecule has 0 bridgehead atoms. The fourth-order valence-electron chi connectivity index (χ4n) is 5.50. The summed E-state index contributed by atoms with van der Waals surface area (Å²) in [6.07, 6.45) is 2.67. The van der Waals surface area contributed by atoms with E-state index in [1.807, 2.05) is 53.9 Å². The van der Waals surface area contributed by atoms with E-state index >= 15 is 0 Å². The van der Waals surface area contributed by atoms with Crippen molar-refractivity contribution in [3.63, 3.8) is 0 Å². The summed E-state index contributed by atoms with van der Waals surface area (Å²) < 4.78 is 7.54. The quantitative estimate of drug-likeness (QED) is 0.251. The van der Waals surface area contributed by atoms with E-state index in [1.165, 1.54) is 15.9 Å². The summed E-state index contributed by atoms with van der Waals surface area (Å²) in [4.78, 5) is 19.0. The number of fused-ring (bicyclic) bond motifs is 1. The Bertz CT molecular complexity index is 1360. The summed E-state index contributed by atoms with van der Waals surface area (Å²) in [5.74, 6) is -0.355. The average Bonchev–Trinajstić information content (AvgIpc) is 3.32. The van der Waals surface area contributed by atoms with Gasteiger partial charge in [-0.1, -0.05) is 0 Å². The van der Waals surface area contributed by atoms with Crippen molar-refractivity contribution in [2.45, 2.75) is 13.8 Å². The van der Waals surface area contributed by atoms with Crippen LogP contribution in [0.25, 0.3) is 5.65 Å². The molecule has 0 fully saturated rings. The SMILES string of the molecule is CCOC(=O)c1c(P(CC)(c2ccccc2)(c2ccccc2)c2ccccc2)nc2ccccn12. The van der Waals surface area contributed by atoms with Gasteiger partial charge in [-0.05, 0) is 0 Å². The van der Waals surface area contributed by atoms with Crippen molar-refractivity contribution < 1.29 is 9.53 Å². The van der Waals surface area contributed by atoms with Crippen LogP contribution in [0.4, 0.5) is 0 Å². The van der Waals surface area contributed by atoms with Crippen molar-refractivity contribution in [2.24, 2.45) is 0 Å². The molecule has 0 saturated carbocycles. The minimum atomic E-state index is -3.51. The van der Waals surface area contributed by atoms with Crippen LogP contribution in [0, 0.1) is 0 Å². The van der Waals surface area contributed by atoms with Gasteiger partial charge in [-0.2, -0.15) is 0 Å². The van der Waals surface area contributed by atoms with Gasteiger partial charge in [0.1, 0.15) is 0 Å². The number of carbonyl (C=O) groups is 1. The van der Waals surface area contributed by atoms with Crippen LogP contribution in [0.15, 0.2) is 115 Å². The van der Waals surface area contributed by atoms with Gasteiger partial charge in [0.25, 0.3) is 0 Å². The zero-order valence-corrected chi connectivity index (χ0v) is 20.9. The van der Waals surface area contributed by atoms with Crippen molar-refractivity contribution in [2.75, 3.05) is 12.8 Å². The molecule has 0 saturated heterocycles. The van der Waals surface area contributed by atoms with E-state index in [9.17, 15) is 4.79 Å². The molecule has 0 N–H and O–H groups in total. The fraction of sp³-hybridized carbons (Fsp3) is 0.133. The molecule has 5 heteroatoms. The predicted molar refractivity (Wildman–Crippen MR) is 146 cm³/mol. The number of imidazole rings is 1. The second kappa shape index (κ2) is 9.13. The first kappa shape index (κ1) is 23.0. The third kappa shape index (κ3) is 3.25. The van der Waals surface area contributed by atoms with Crippen molar-refractivity contribution in [3.8, 4) is 0 Å². The van der Waals surface area contributed by atoms with Crippen LogP contribution in [0.5, 0.6) is 0 Å². The van der Waals surface area contributed by atoms with Gasteiger partial charge >= 0.3 is 206 Å². The molecule has 5 rings (SSSR count). The van der Waals surface area contributed by atoms with Crippen molar-refractivity contribution in [1.82, 2.24) is 9.38 Å². The molecule has 0 amide bonds. The summed E-state index contributed by atoms with van der Waals surface area (Å²) in [5.41, 5.74) is 2.03. The second-order valence-electron chi connectivity index (χ2n) is 8.56. The number of esters is 1. The maximum atomic E-state index is 13.7. The average molecular weight is 481 g/mol. The van der Waals surface area contributed by atoms with E-state index in [2.05, 4.69) is 79.7 Å². The Labute approximate surface area is 206 Å². The van der Waals surface area contributed by atoms with Gasteiger partial charge in [0.05, 0.1) is 0 Å². The van der Waals surface area contributed by atoms with E-state index in [4.69, 9.17) is 9.72 Å². The number of ether oxygens (including phenoxy) is 1. The van der Waals surface area contributed by atoms with Gasteiger partial charge in [-0.25, -0.2) is 0 Å². The molecule has 0 spiro atoms. The number of carbonyl (C=O) groups excluding carboxylic acids is 1. The first-order valence-electron chi connectivity index (χ1n) is 12.0. The Hall–Kier alpha value is -3.75. The molecule has 0 radical (unpaired) electrons. The van der Waals surface area contributed by atoms with Crippen molar-refractivity contribution in [3.05, 3.63) is 121 Å². The standard InChI is InChI=1S/C30H29N2O2P/c1-3-34-30(33)28-29(31-27-22-14-15-23-32(27)28)35(4-2,24-16-8-5-9-17-24,25-18-10-6-11-19-25)26-20-12-7-13-21-26/h5-23H,3-4H2,1-2H3. The normalized spacial score (nSPS) is 12.7. The molecular formula is C30H29N2O2P. The van der Waals surface area contributed by atoms with Crippen molar-refractivity contribution in [1.29, 1.82) is 0 Å². The number of hydrogen-bond acceptors (Lipinski definition) is 3. The van der Waals surface area contributed by atoms with Gasteiger partial charge in [-0.15, -0.1) is 0 Å². The van der Waals surface area contributed by atoms with E-state index in [1.54, 1.807) is 0 Å². The van der Waals surface area contributed by atoms with Gasteiger partial charge in [0, 0.05) is 0 Å². The number of pyridine rings is 1. The molecule has 176 valence electrons. The molecule has 5 aromatic rings. The van der Waals surface area contributed by atoms with E-state index < -0.39 is 6.60 Å². The molecule has 35 heavy (non-hydrogen) atoms. The first-order valence-corrected chi connectivity index (χ1v) is 14.4. The monoisotopic (exact) mass is 480 g/mol. The van der Waals surface area contributed by atoms with Gasteiger partial charge in [-0.3, -0.25) is 0 Å². The van der Waals surface area contributed by atoms with Gasteiger partial charge < -0.3 is 0 Å². The van der Waals surface area contributed by atoms with E-state index in [0.29, 0.717) is 12.3 Å². The third-order valence-electron chi connectivity index (χ3n) is 7.06. The van der Waals surface area contributed by atoms with Crippen LogP contribution in [0.1, 0.15) is 24.3 Å². The summed E-state index contributed by atoms with van der Waals surface area (Å²) in [7, 11) is 0. The Balaban J connectivity index is 2.09. The molecule has 0 aliphatic rings. The molecule has 3 aromatic carbocycles. The van der Waals surface area contributed by atoms with E-state index in [0.717, 1.165) is 17.2 Å². The molecule has 0 aliphatic heterocycles. The molecule has 0 aliphatic carbocycles. The Morgan fingerprint density at radius 2 is 1.23 bits per heavy atom. The molecular weight excluding hydrogens is 451 g/mol. The van der Waals surface area contributed by atoms with Crippen LogP contribution in [0.2, 0.25) is 0 Å². The van der Waals surface area contributed by atoms with Crippen LogP contribution in [-0.2, 0) is 4.74 Å². The van der Waals surface area contributed by atoms with Gasteiger partial charge in [0.15, 0.2) is 0 Å². The molecule has 0 atom stereocenters. The molecule has 2 aromatic heterocycles. The number of aromatic nitrogens is 2. The Morgan fingerprint density at radius 3 is 1.69 bits per heavy atom. The topological polar surface area (TPSA) is 43.6 Å². The Morgan fingerprint density at radius 1 is 0.743 bits per heavy atom. The maximum absolute atomic E-state index is 13.7. The predicted octanol–water partition coefficient (Wildman–Crippen LogP) is 4.69. The molecule has 4 nitrogen and oxygen atoms in total. The summed E-state index contributed by atoms with van der Waals surface area (Å²) in [6.45, 7) is 0.851. The van der Waals surface area contributed by atoms with E-state index in [-0.39, 0.29) is 5.97 Å². The zero-order chi connectivity index (χ0) is 24.3. The van der Waals surface area contributed by atoms with Crippen LogP contribution in [0.3, 0.4) is 0 Å². The van der Waals surface area contributed by atoms with Crippen LogP contribution in [-0.4, -0.2) is 28.1 Å². The third-order valence-corrected chi connectivity index (χ3v) is 13.9. The number of benzene rings is 3. The molecule has 0 unspecified atom stereocenters. The fourth-order valence-corrected chi connectivity index (χ4v) is 12.0. The minimum absolute atomic E-state index is 0.294. The number of hydrogen-bond donors (Lipinski definition) is 0. The second-order valence-corrected chi connectivity index (χ2v) is 13.8. The van der Waals surface area contributed by atoms with Crippen molar-refractivity contribution >= 4 is 39.6 Å². The number of nitrogens with zero attached hydrogens (tertiary/aromatic N) is 2. The summed E-state index contributed by atoms with van der Waals surface area (Å²) in [6, 6.07) is 37.6. The zero-order valence-electron chi connectivity index (χ0n) is 20.0. The Kier molecular flexibility index (Phi) is 6.00. The summed E-state index contributed by atoms with van der Waals surface area (Å²) in [5, 5.41) is 3.52. The van der Waals surface area contributed by atoms with Crippen LogP contribution >= 0.6 is 6.60 Å². The first-order chi connectivity index (χ1) is 17.2. The molecule has 2 heterocycles.